The highest BCUT2D eigenvalue weighted by Crippen LogP contribution is 2.24. The zero-order valence-corrected chi connectivity index (χ0v) is 14.5. The molecule has 0 saturated carbocycles. The molecule has 5 nitrogen and oxygen atoms in total. The third-order valence-electron chi connectivity index (χ3n) is 3.03. The van der Waals surface area contributed by atoms with Crippen molar-refractivity contribution in [1.29, 1.82) is 0 Å². The Labute approximate surface area is 143 Å². The van der Waals surface area contributed by atoms with Crippen molar-refractivity contribution in [2.24, 2.45) is 0 Å². The van der Waals surface area contributed by atoms with Crippen LogP contribution < -0.4 is 14.2 Å². The van der Waals surface area contributed by atoms with Crippen LogP contribution in [0.15, 0.2) is 46.9 Å². The maximum absolute atomic E-state index is 12.1. The van der Waals surface area contributed by atoms with Crippen molar-refractivity contribution in [3.8, 4) is 17.2 Å². The quantitative estimate of drug-likeness (QED) is 0.541. The number of hydrogen-bond donors (Lipinski definition) is 0. The third kappa shape index (κ3) is 4.89. The van der Waals surface area contributed by atoms with E-state index in [1.54, 1.807) is 18.2 Å². The molecule has 2 rings (SSSR count). The van der Waals surface area contributed by atoms with Crippen LogP contribution in [0.1, 0.15) is 10.4 Å². The smallest absolute Gasteiger partial charge is 0.342 e. The van der Waals surface area contributed by atoms with Crippen LogP contribution in [0, 0.1) is 0 Å². The van der Waals surface area contributed by atoms with Gasteiger partial charge >= 0.3 is 5.97 Å². The lowest BCUT2D eigenvalue weighted by molar-refractivity contribution is 0.0446. The summed E-state index contributed by atoms with van der Waals surface area (Å²) in [6.07, 6.45) is 0. The van der Waals surface area contributed by atoms with Crippen molar-refractivity contribution in [1.82, 2.24) is 0 Å². The number of carbonyl (C=O) groups excluding carboxylic acids is 1. The lowest BCUT2D eigenvalue weighted by atomic mass is 10.2. The summed E-state index contributed by atoms with van der Waals surface area (Å²) in [5.74, 6) is 1.22. The van der Waals surface area contributed by atoms with Crippen LogP contribution in [0.25, 0.3) is 0 Å². The largest absolute Gasteiger partial charge is 0.497 e. The van der Waals surface area contributed by atoms with Gasteiger partial charge in [0.15, 0.2) is 0 Å². The summed E-state index contributed by atoms with van der Waals surface area (Å²) in [5.41, 5.74) is 0.315. The van der Waals surface area contributed by atoms with E-state index in [4.69, 9.17) is 18.9 Å². The van der Waals surface area contributed by atoms with Gasteiger partial charge in [0.25, 0.3) is 0 Å². The predicted molar refractivity (Wildman–Crippen MR) is 89.5 cm³/mol. The van der Waals surface area contributed by atoms with Gasteiger partial charge in [-0.05, 0) is 42.5 Å². The average Bonchev–Trinajstić information content (AvgIpc) is 2.59. The van der Waals surface area contributed by atoms with Crippen LogP contribution in [0.4, 0.5) is 0 Å². The monoisotopic (exact) mass is 380 g/mol. The van der Waals surface area contributed by atoms with Crippen LogP contribution in [0.2, 0.25) is 0 Å². The van der Waals surface area contributed by atoms with Crippen molar-refractivity contribution < 1.29 is 23.7 Å². The fraction of sp³-hybridized carbons (Fsp3) is 0.235. The van der Waals surface area contributed by atoms with E-state index in [9.17, 15) is 4.79 Å². The molecule has 0 atom stereocenters. The maximum atomic E-state index is 12.1. The molecule has 23 heavy (non-hydrogen) atoms. The molecule has 0 bridgehead atoms. The molecule has 2 aromatic rings. The first-order valence-corrected chi connectivity index (χ1v) is 7.71. The summed E-state index contributed by atoms with van der Waals surface area (Å²) in [7, 11) is 3.03. The molecule has 0 aliphatic heterocycles. The van der Waals surface area contributed by atoms with Crippen molar-refractivity contribution in [3.05, 3.63) is 52.5 Å². The molecule has 0 unspecified atom stereocenters. The number of rotatable bonds is 7. The van der Waals surface area contributed by atoms with Gasteiger partial charge in [0.2, 0.25) is 0 Å². The van der Waals surface area contributed by atoms with Crippen molar-refractivity contribution >= 4 is 21.9 Å². The Morgan fingerprint density at radius 3 is 2.30 bits per heavy atom. The van der Waals surface area contributed by atoms with Crippen LogP contribution in [0.5, 0.6) is 17.2 Å². The number of carbonyl (C=O) groups is 1. The van der Waals surface area contributed by atoms with Crippen LogP contribution in [-0.4, -0.2) is 33.4 Å². The topological polar surface area (TPSA) is 54.0 Å². The van der Waals surface area contributed by atoms with E-state index >= 15 is 0 Å². The van der Waals surface area contributed by atoms with Gasteiger partial charge in [-0.15, -0.1) is 0 Å². The Bertz CT molecular complexity index is 655. The van der Waals surface area contributed by atoms with Gasteiger partial charge in [0.05, 0.1) is 14.2 Å². The molecule has 0 saturated heterocycles. The number of esters is 1. The van der Waals surface area contributed by atoms with E-state index in [0.29, 0.717) is 22.8 Å². The predicted octanol–water partition coefficient (Wildman–Crippen LogP) is 3.70. The van der Waals surface area contributed by atoms with E-state index in [-0.39, 0.29) is 13.2 Å². The molecular weight excluding hydrogens is 364 g/mol. The zero-order chi connectivity index (χ0) is 16.7. The first kappa shape index (κ1) is 17.1. The van der Waals surface area contributed by atoms with Crippen LogP contribution in [0.3, 0.4) is 0 Å². The minimum atomic E-state index is -0.486. The van der Waals surface area contributed by atoms with Gasteiger partial charge in [-0.25, -0.2) is 4.79 Å². The average molecular weight is 381 g/mol. The summed E-state index contributed by atoms with van der Waals surface area (Å²) >= 11 is 3.35. The Kier molecular flexibility index (Phi) is 6.29. The Morgan fingerprint density at radius 2 is 1.65 bits per heavy atom. The van der Waals surface area contributed by atoms with E-state index in [1.807, 2.05) is 24.3 Å². The summed E-state index contributed by atoms with van der Waals surface area (Å²) in [6, 6.07) is 12.4. The summed E-state index contributed by atoms with van der Waals surface area (Å²) in [6.45, 7) is 0.398. The van der Waals surface area contributed by atoms with Gasteiger partial charge in [-0.1, -0.05) is 15.9 Å². The van der Waals surface area contributed by atoms with Gasteiger partial charge in [-0.2, -0.15) is 0 Å². The Morgan fingerprint density at radius 1 is 0.957 bits per heavy atom. The zero-order valence-electron chi connectivity index (χ0n) is 12.9. The molecule has 0 fully saturated rings. The summed E-state index contributed by atoms with van der Waals surface area (Å²) in [4.78, 5) is 12.1. The van der Waals surface area contributed by atoms with Gasteiger partial charge in [-0.3, -0.25) is 0 Å². The Hall–Kier alpha value is -2.21. The van der Waals surface area contributed by atoms with Crippen molar-refractivity contribution in [2.45, 2.75) is 0 Å². The normalized spacial score (nSPS) is 10.0. The first-order chi connectivity index (χ1) is 11.1. The molecule has 2 aromatic carbocycles. The molecule has 122 valence electrons. The molecule has 0 radical (unpaired) electrons. The van der Waals surface area contributed by atoms with Crippen LogP contribution >= 0.6 is 15.9 Å². The standard InChI is InChI=1S/C17H17BrO5/c1-20-14-7-8-16(21-2)15(11-14)17(19)23-10-9-22-13-5-3-12(18)4-6-13/h3-8,11H,9-10H2,1-2H3. The fourth-order valence-electron chi connectivity index (χ4n) is 1.88. The van der Waals surface area contributed by atoms with E-state index in [1.165, 1.54) is 14.2 Å². The molecule has 0 amide bonds. The van der Waals surface area contributed by atoms with Gasteiger partial charge in [0.1, 0.15) is 36.0 Å². The summed E-state index contributed by atoms with van der Waals surface area (Å²) in [5, 5.41) is 0. The highest BCUT2D eigenvalue weighted by atomic mass is 79.9. The minimum Gasteiger partial charge on any atom is -0.497 e. The highest BCUT2D eigenvalue weighted by Gasteiger charge is 2.15. The number of hydrogen-bond acceptors (Lipinski definition) is 5. The SMILES string of the molecule is COc1ccc(OC)c(C(=O)OCCOc2ccc(Br)cc2)c1. The second-order valence-corrected chi connectivity index (χ2v) is 5.42. The fourth-order valence-corrected chi connectivity index (χ4v) is 2.14. The third-order valence-corrected chi connectivity index (χ3v) is 3.55. The lowest BCUT2D eigenvalue weighted by Gasteiger charge is -2.11. The molecule has 0 spiro atoms. The molecular formula is C17H17BrO5. The van der Waals surface area contributed by atoms with Crippen molar-refractivity contribution in [3.63, 3.8) is 0 Å². The van der Waals surface area contributed by atoms with E-state index < -0.39 is 5.97 Å². The Balaban J connectivity index is 1.88. The number of halogens is 1. The van der Waals surface area contributed by atoms with E-state index in [2.05, 4.69) is 15.9 Å². The lowest BCUT2D eigenvalue weighted by Crippen LogP contribution is -2.13. The van der Waals surface area contributed by atoms with Crippen LogP contribution in [-0.2, 0) is 4.74 Å². The molecule has 0 aliphatic rings. The highest BCUT2D eigenvalue weighted by molar-refractivity contribution is 9.10. The van der Waals surface area contributed by atoms with Gasteiger partial charge in [0, 0.05) is 4.47 Å². The molecule has 6 heteroatoms. The second-order valence-electron chi connectivity index (χ2n) is 4.50. The van der Waals surface area contributed by atoms with Crippen molar-refractivity contribution in [2.75, 3.05) is 27.4 Å². The molecule has 0 heterocycles. The number of benzene rings is 2. The number of methoxy groups -OCH3 is 2. The molecule has 0 aromatic heterocycles. The second kappa shape index (κ2) is 8.43. The molecule has 0 N–H and O–H groups in total. The number of ether oxygens (including phenoxy) is 4. The summed E-state index contributed by atoms with van der Waals surface area (Å²) < 4.78 is 21.9. The first-order valence-electron chi connectivity index (χ1n) is 6.91. The van der Waals surface area contributed by atoms with E-state index in [0.717, 1.165) is 4.47 Å². The van der Waals surface area contributed by atoms with Gasteiger partial charge < -0.3 is 18.9 Å². The minimum absolute atomic E-state index is 0.134. The maximum Gasteiger partial charge on any atom is 0.342 e. The molecule has 0 aliphatic carbocycles.